The van der Waals surface area contributed by atoms with Crippen LogP contribution in [0.1, 0.15) is 31.2 Å². The first-order valence-electron chi connectivity index (χ1n) is 7.82. The van der Waals surface area contributed by atoms with E-state index in [0.717, 1.165) is 12.8 Å². The summed E-state index contributed by atoms with van der Waals surface area (Å²) in [7, 11) is 0. The summed E-state index contributed by atoms with van der Waals surface area (Å²) in [6, 6.07) is 5.80. The number of hydrogen-bond donors (Lipinski definition) is 3. The molecular weight excluding hydrogens is 330 g/mol. The lowest BCUT2D eigenvalue weighted by Gasteiger charge is -2.25. The Morgan fingerprint density at radius 1 is 1.20 bits per heavy atom. The molecule has 9 heteroatoms. The third kappa shape index (κ3) is 6.38. The van der Waals surface area contributed by atoms with Crippen LogP contribution in [0.4, 0.5) is 10.5 Å². The number of carbonyl (C=O) groups is 2. The van der Waals surface area contributed by atoms with E-state index in [1.54, 1.807) is 12.1 Å². The number of ether oxygens (including phenoxy) is 1. The van der Waals surface area contributed by atoms with Gasteiger partial charge in [-0.3, -0.25) is 14.9 Å². The van der Waals surface area contributed by atoms with Crippen LogP contribution in [-0.2, 0) is 16.1 Å². The SMILES string of the molecule is N.O=C(NCC1CCC(C(=O)O)CC1)OCc1ccc([N+](=O)[O-])cc1. The summed E-state index contributed by atoms with van der Waals surface area (Å²) in [5.41, 5.74) is 0.651. The molecule has 5 N–H and O–H groups in total. The number of benzene rings is 1. The molecule has 0 spiro atoms. The van der Waals surface area contributed by atoms with Gasteiger partial charge in [-0.1, -0.05) is 0 Å². The first-order chi connectivity index (χ1) is 11.5. The zero-order valence-electron chi connectivity index (χ0n) is 13.8. The number of nitro groups is 1. The molecule has 0 saturated heterocycles. The Bertz CT molecular complexity index is 596. The highest BCUT2D eigenvalue weighted by atomic mass is 16.6. The molecular formula is C16H23N3O6. The quantitative estimate of drug-likeness (QED) is 0.524. The molecule has 25 heavy (non-hydrogen) atoms. The molecule has 9 nitrogen and oxygen atoms in total. The van der Waals surface area contributed by atoms with Gasteiger partial charge in [0.15, 0.2) is 0 Å². The molecule has 2 rings (SSSR count). The number of rotatable bonds is 6. The van der Waals surface area contributed by atoms with Crippen molar-refractivity contribution in [3.63, 3.8) is 0 Å². The van der Waals surface area contributed by atoms with Crippen molar-refractivity contribution in [2.75, 3.05) is 6.54 Å². The molecule has 1 aliphatic carbocycles. The molecule has 0 radical (unpaired) electrons. The zero-order chi connectivity index (χ0) is 17.5. The lowest BCUT2D eigenvalue weighted by atomic mass is 9.82. The Morgan fingerprint density at radius 3 is 2.32 bits per heavy atom. The smallest absolute Gasteiger partial charge is 0.407 e. The number of aliphatic carboxylic acids is 1. The first kappa shape index (κ1) is 20.4. The molecule has 1 aromatic rings. The van der Waals surface area contributed by atoms with E-state index < -0.39 is 17.0 Å². The number of nitrogens with zero attached hydrogens (tertiary/aromatic N) is 1. The van der Waals surface area contributed by atoms with Crippen molar-refractivity contribution in [3.8, 4) is 0 Å². The monoisotopic (exact) mass is 353 g/mol. The van der Waals surface area contributed by atoms with Crippen LogP contribution >= 0.6 is 0 Å². The first-order valence-corrected chi connectivity index (χ1v) is 7.82. The highest BCUT2D eigenvalue weighted by Gasteiger charge is 2.26. The Hall–Kier alpha value is -2.68. The average molecular weight is 353 g/mol. The molecule has 1 fully saturated rings. The third-order valence-electron chi connectivity index (χ3n) is 4.25. The largest absolute Gasteiger partial charge is 0.481 e. The van der Waals surface area contributed by atoms with Crippen LogP contribution < -0.4 is 11.5 Å². The van der Waals surface area contributed by atoms with Crippen molar-refractivity contribution in [1.29, 1.82) is 0 Å². The van der Waals surface area contributed by atoms with Gasteiger partial charge >= 0.3 is 12.1 Å². The maximum atomic E-state index is 11.7. The van der Waals surface area contributed by atoms with Crippen LogP contribution in [-0.4, -0.2) is 28.6 Å². The van der Waals surface area contributed by atoms with Crippen LogP contribution in [0.15, 0.2) is 24.3 Å². The summed E-state index contributed by atoms with van der Waals surface area (Å²) in [6.07, 6.45) is 2.28. The molecule has 1 aliphatic rings. The minimum absolute atomic E-state index is 0. The van der Waals surface area contributed by atoms with E-state index >= 15 is 0 Å². The maximum absolute atomic E-state index is 11.7. The number of carboxylic acids is 1. The molecule has 1 saturated carbocycles. The molecule has 0 bridgehead atoms. The Morgan fingerprint density at radius 2 is 1.80 bits per heavy atom. The van der Waals surface area contributed by atoms with Crippen molar-refractivity contribution in [3.05, 3.63) is 39.9 Å². The summed E-state index contributed by atoms with van der Waals surface area (Å²) in [4.78, 5) is 32.6. The third-order valence-corrected chi connectivity index (χ3v) is 4.25. The number of amides is 1. The predicted octanol–water partition coefficient (Wildman–Crippen LogP) is 2.87. The van der Waals surface area contributed by atoms with Gasteiger partial charge in [0, 0.05) is 18.7 Å². The van der Waals surface area contributed by atoms with Crippen LogP contribution in [0.25, 0.3) is 0 Å². The van der Waals surface area contributed by atoms with Gasteiger partial charge in [-0.05, 0) is 49.3 Å². The average Bonchev–Trinajstić information content (AvgIpc) is 2.58. The Labute approximate surface area is 145 Å². The van der Waals surface area contributed by atoms with Crippen LogP contribution in [0.2, 0.25) is 0 Å². The summed E-state index contributed by atoms with van der Waals surface area (Å²) in [5, 5.41) is 22.2. The topological polar surface area (TPSA) is 154 Å². The maximum Gasteiger partial charge on any atom is 0.407 e. The number of non-ortho nitro benzene ring substituents is 1. The molecule has 0 aliphatic heterocycles. The summed E-state index contributed by atoms with van der Waals surface area (Å²) in [6.45, 7) is 0.501. The number of nitro benzene ring substituents is 1. The number of carbonyl (C=O) groups excluding carboxylic acids is 1. The van der Waals surface area contributed by atoms with Crippen molar-refractivity contribution >= 4 is 17.7 Å². The van der Waals surface area contributed by atoms with Gasteiger partial charge in [0.25, 0.3) is 5.69 Å². The number of alkyl carbamates (subject to hydrolysis) is 1. The van der Waals surface area contributed by atoms with E-state index in [1.165, 1.54) is 12.1 Å². The fourth-order valence-corrected chi connectivity index (χ4v) is 2.75. The van der Waals surface area contributed by atoms with E-state index in [4.69, 9.17) is 9.84 Å². The normalized spacial score (nSPS) is 19.4. The van der Waals surface area contributed by atoms with Gasteiger partial charge < -0.3 is 21.3 Å². The van der Waals surface area contributed by atoms with Crippen molar-refractivity contribution in [1.82, 2.24) is 11.5 Å². The van der Waals surface area contributed by atoms with Gasteiger partial charge in [-0.25, -0.2) is 4.79 Å². The van der Waals surface area contributed by atoms with Gasteiger partial charge in [0.2, 0.25) is 0 Å². The minimum atomic E-state index is -0.746. The number of nitrogens with one attached hydrogen (secondary N) is 1. The fraction of sp³-hybridized carbons (Fsp3) is 0.500. The molecule has 138 valence electrons. The van der Waals surface area contributed by atoms with Crippen LogP contribution in [0, 0.1) is 22.0 Å². The number of hydrogen-bond acceptors (Lipinski definition) is 6. The molecule has 1 amide bonds. The van der Waals surface area contributed by atoms with Gasteiger partial charge in [0.1, 0.15) is 6.61 Å². The van der Waals surface area contributed by atoms with Gasteiger partial charge in [0.05, 0.1) is 10.8 Å². The van der Waals surface area contributed by atoms with E-state index in [2.05, 4.69) is 5.32 Å². The second-order valence-corrected chi connectivity index (χ2v) is 5.94. The predicted molar refractivity (Wildman–Crippen MR) is 89.4 cm³/mol. The highest BCUT2D eigenvalue weighted by Crippen LogP contribution is 2.28. The van der Waals surface area contributed by atoms with Crippen molar-refractivity contribution in [2.45, 2.75) is 32.3 Å². The number of carboxylic acid groups (broad SMARTS) is 1. The van der Waals surface area contributed by atoms with E-state index in [9.17, 15) is 19.7 Å². The van der Waals surface area contributed by atoms with Gasteiger partial charge in [-0.15, -0.1) is 0 Å². The summed E-state index contributed by atoms with van der Waals surface area (Å²) < 4.78 is 5.06. The summed E-state index contributed by atoms with van der Waals surface area (Å²) in [5.74, 6) is -0.744. The van der Waals surface area contributed by atoms with Crippen molar-refractivity contribution < 1.29 is 24.4 Å². The fourth-order valence-electron chi connectivity index (χ4n) is 2.75. The Balaban J connectivity index is 0.00000312. The van der Waals surface area contributed by atoms with E-state index in [1.807, 2.05) is 0 Å². The lowest BCUT2D eigenvalue weighted by molar-refractivity contribution is -0.384. The molecule has 0 atom stereocenters. The van der Waals surface area contributed by atoms with Crippen molar-refractivity contribution in [2.24, 2.45) is 11.8 Å². The van der Waals surface area contributed by atoms with Gasteiger partial charge in [-0.2, -0.15) is 0 Å². The molecule has 1 aromatic carbocycles. The highest BCUT2D eigenvalue weighted by molar-refractivity contribution is 5.70. The van der Waals surface area contributed by atoms with Crippen LogP contribution in [0.3, 0.4) is 0 Å². The molecule has 0 aromatic heterocycles. The molecule has 0 unspecified atom stereocenters. The molecule has 0 heterocycles. The zero-order valence-corrected chi connectivity index (χ0v) is 13.8. The summed E-state index contributed by atoms with van der Waals surface area (Å²) >= 11 is 0. The second kappa shape index (κ2) is 9.58. The minimum Gasteiger partial charge on any atom is -0.481 e. The Kier molecular flexibility index (Phi) is 7.80. The lowest BCUT2D eigenvalue weighted by Crippen LogP contribution is -2.32. The van der Waals surface area contributed by atoms with E-state index in [0.29, 0.717) is 24.9 Å². The standard InChI is InChI=1S/C16H20N2O6.H3N/c19-15(20)13-5-1-11(2-6-13)9-17-16(21)24-10-12-3-7-14(8-4-12)18(22)23;/h3-4,7-8,11,13H,1-2,5-6,9-10H2,(H,17,21)(H,19,20);1H3. The van der Waals surface area contributed by atoms with Crippen LogP contribution in [0.5, 0.6) is 0 Å². The van der Waals surface area contributed by atoms with E-state index in [-0.39, 0.29) is 30.3 Å². The second-order valence-electron chi connectivity index (χ2n) is 5.94.